The van der Waals surface area contributed by atoms with Gasteiger partial charge in [-0.2, -0.15) is 0 Å². The first-order valence-corrected chi connectivity index (χ1v) is 6.13. The van der Waals surface area contributed by atoms with Gasteiger partial charge in [-0.3, -0.25) is 4.99 Å². The van der Waals surface area contributed by atoms with Gasteiger partial charge in [-0.25, -0.2) is 0 Å². The van der Waals surface area contributed by atoms with Gasteiger partial charge in [-0.1, -0.05) is 30.0 Å². The molecule has 2 nitrogen and oxygen atoms in total. The van der Waals surface area contributed by atoms with Gasteiger partial charge in [0.1, 0.15) is 10.2 Å². The summed E-state index contributed by atoms with van der Waals surface area (Å²) in [6.45, 7) is 3.91. The molecule has 0 atom stereocenters. The highest BCUT2D eigenvalue weighted by molar-refractivity contribution is 8.23. The van der Waals surface area contributed by atoms with Gasteiger partial charge in [0.05, 0.1) is 6.54 Å². The summed E-state index contributed by atoms with van der Waals surface area (Å²) in [4.78, 5) is 7.90. The first-order valence-electron chi connectivity index (χ1n) is 4.90. The minimum absolute atomic E-state index is 0.864. The van der Waals surface area contributed by atoms with E-state index < -0.39 is 0 Å². The largest absolute Gasteiger partial charge is 0.310 e. The number of hydrogen-bond acceptors (Lipinski definition) is 3. The van der Waals surface area contributed by atoms with Crippen molar-refractivity contribution in [1.82, 2.24) is 4.90 Å². The Bertz CT molecular complexity index is 479. The fourth-order valence-corrected chi connectivity index (χ4v) is 3.34. The lowest BCUT2D eigenvalue weighted by molar-refractivity contribution is 0.685. The highest BCUT2D eigenvalue weighted by Crippen LogP contribution is 2.34. The molecule has 15 heavy (non-hydrogen) atoms. The summed E-state index contributed by atoms with van der Waals surface area (Å²) in [5.74, 6) is 1.06. The normalized spacial score (nSPS) is 18.6. The molecule has 76 valence electrons. The maximum atomic E-state index is 5.37. The van der Waals surface area contributed by atoms with Crippen LogP contribution < -0.4 is 0 Å². The number of benzene rings is 1. The number of aryl methyl sites for hydroxylation is 1. The second-order valence-electron chi connectivity index (χ2n) is 3.72. The number of thioether (sulfide) groups is 1. The molecule has 4 heteroatoms. The molecule has 1 aromatic rings. The SMILES string of the molecule is Cc1ccc2c(c1)SC(=S)N1CCN=C21. The maximum Gasteiger partial charge on any atom is 0.146 e. The molecule has 0 radical (unpaired) electrons. The minimum atomic E-state index is 0.864. The Labute approximate surface area is 98.4 Å². The van der Waals surface area contributed by atoms with Crippen LogP contribution in [-0.2, 0) is 0 Å². The summed E-state index contributed by atoms with van der Waals surface area (Å²) in [6.07, 6.45) is 0. The first kappa shape index (κ1) is 9.36. The van der Waals surface area contributed by atoms with Crippen molar-refractivity contribution in [3.05, 3.63) is 29.3 Å². The zero-order valence-electron chi connectivity index (χ0n) is 8.36. The Kier molecular flexibility index (Phi) is 2.07. The summed E-state index contributed by atoms with van der Waals surface area (Å²) in [6, 6.07) is 6.47. The molecule has 0 bridgehead atoms. The highest BCUT2D eigenvalue weighted by atomic mass is 32.2. The third-order valence-electron chi connectivity index (χ3n) is 2.64. The molecule has 2 heterocycles. The number of rotatable bonds is 0. The summed E-state index contributed by atoms with van der Waals surface area (Å²) in [5, 5.41) is 0. The third kappa shape index (κ3) is 1.40. The molecular weight excluding hydrogens is 224 g/mol. The molecule has 0 fully saturated rings. The summed E-state index contributed by atoms with van der Waals surface area (Å²) < 4.78 is 0.935. The van der Waals surface area contributed by atoms with Crippen molar-refractivity contribution in [2.45, 2.75) is 11.8 Å². The van der Waals surface area contributed by atoms with Crippen molar-refractivity contribution in [2.75, 3.05) is 13.1 Å². The molecular formula is C11H10N2S2. The second-order valence-corrected chi connectivity index (χ2v) is 5.40. The molecule has 1 aromatic carbocycles. The fourth-order valence-electron chi connectivity index (χ4n) is 1.90. The van der Waals surface area contributed by atoms with E-state index in [1.165, 1.54) is 16.0 Å². The van der Waals surface area contributed by atoms with Gasteiger partial charge >= 0.3 is 0 Å². The molecule has 0 amide bonds. The van der Waals surface area contributed by atoms with Crippen molar-refractivity contribution >= 4 is 34.1 Å². The van der Waals surface area contributed by atoms with Gasteiger partial charge in [0.15, 0.2) is 0 Å². The number of aliphatic imine (C=N–C) groups is 1. The van der Waals surface area contributed by atoms with Gasteiger partial charge in [-0.05, 0) is 24.6 Å². The van der Waals surface area contributed by atoms with Crippen molar-refractivity contribution < 1.29 is 0 Å². The Morgan fingerprint density at radius 2 is 2.33 bits per heavy atom. The Morgan fingerprint density at radius 1 is 1.47 bits per heavy atom. The third-order valence-corrected chi connectivity index (χ3v) is 4.06. The van der Waals surface area contributed by atoms with E-state index in [1.54, 1.807) is 11.8 Å². The average molecular weight is 234 g/mol. The van der Waals surface area contributed by atoms with E-state index in [9.17, 15) is 0 Å². The van der Waals surface area contributed by atoms with Gasteiger partial charge in [0.25, 0.3) is 0 Å². The number of fused-ring (bicyclic) bond motifs is 3. The Morgan fingerprint density at radius 3 is 3.20 bits per heavy atom. The van der Waals surface area contributed by atoms with E-state index in [-0.39, 0.29) is 0 Å². The van der Waals surface area contributed by atoms with Crippen LogP contribution in [0.5, 0.6) is 0 Å². The quantitative estimate of drug-likeness (QED) is 0.641. The first-order chi connectivity index (χ1) is 7.25. The highest BCUT2D eigenvalue weighted by Gasteiger charge is 2.29. The molecule has 0 saturated carbocycles. The number of nitrogens with zero attached hydrogens (tertiary/aromatic N) is 2. The molecule has 3 rings (SSSR count). The molecule has 0 unspecified atom stereocenters. The van der Waals surface area contributed by atoms with Crippen LogP contribution in [0.15, 0.2) is 28.1 Å². The fraction of sp³-hybridized carbons (Fsp3) is 0.273. The lowest BCUT2D eigenvalue weighted by Gasteiger charge is -2.27. The second kappa shape index (κ2) is 3.32. The predicted octanol–water partition coefficient (Wildman–Crippen LogP) is 2.45. The lowest BCUT2D eigenvalue weighted by atomic mass is 10.1. The van der Waals surface area contributed by atoms with E-state index in [1.807, 2.05) is 0 Å². The van der Waals surface area contributed by atoms with Crippen LogP contribution in [0, 0.1) is 6.92 Å². The van der Waals surface area contributed by atoms with Gasteiger partial charge < -0.3 is 4.90 Å². The van der Waals surface area contributed by atoms with Crippen molar-refractivity contribution in [3.63, 3.8) is 0 Å². The van der Waals surface area contributed by atoms with Crippen LogP contribution >= 0.6 is 24.0 Å². The standard InChI is InChI=1S/C11H10N2S2/c1-7-2-3-8-9(6-7)15-11(14)13-5-4-12-10(8)13/h2-3,6H,4-5H2,1H3. The lowest BCUT2D eigenvalue weighted by Crippen LogP contribution is -2.35. The molecule has 2 aliphatic heterocycles. The van der Waals surface area contributed by atoms with E-state index >= 15 is 0 Å². The predicted molar refractivity (Wildman–Crippen MR) is 67.7 cm³/mol. The smallest absolute Gasteiger partial charge is 0.146 e. The monoisotopic (exact) mass is 234 g/mol. The number of hydrogen-bond donors (Lipinski definition) is 0. The summed E-state index contributed by atoms with van der Waals surface area (Å²) in [7, 11) is 0. The van der Waals surface area contributed by atoms with Crippen LogP contribution in [0.2, 0.25) is 0 Å². The van der Waals surface area contributed by atoms with Crippen molar-refractivity contribution in [3.8, 4) is 0 Å². The zero-order chi connectivity index (χ0) is 10.4. The minimum Gasteiger partial charge on any atom is -0.310 e. The van der Waals surface area contributed by atoms with Gasteiger partial charge in [0.2, 0.25) is 0 Å². The van der Waals surface area contributed by atoms with Crippen LogP contribution in [0.3, 0.4) is 0 Å². The van der Waals surface area contributed by atoms with Crippen LogP contribution in [0.25, 0.3) is 0 Å². The molecule has 0 spiro atoms. The van der Waals surface area contributed by atoms with Gasteiger partial charge in [-0.15, -0.1) is 0 Å². The van der Waals surface area contributed by atoms with Crippen molar-refractivity contribution in [2.24, 2.45) is 4.99 Å². The summed E-state index contributed by atoms with van der Waals surface area (Å²) in [5.41, 5.74) is 2.51. The molecule has 0 aliphatic carbocycles. The average Bonchev–Trinajstić information content (AvgIpc) is 2.66. The molecule has 0 saturated heterocycles. The topological polar surface area (TPSA) is 15.6 Å². The molecule has 0 aromatic heterocycles. The van der Waals surface area contributed by atoms with E-state index in [0.717, 1.165) is 23.2 Å². The number of thiocarbonyl (C=S) groups is 1. The van der Waals surface area contributed by atoms with E-state index in [0.29, 0.717) is 0 Å². The Hall–Kier alpha value is -0.870. The summed E-state index contributed by atoms with van der Waals surface area (Å²) >= 11 is 7.05. The van der Waals surface area contributed by atoms with E-state index in [2.05, 4.69) is 35.0 Å². The van der Waals surface area contributed by atoms with Crippen LogP contribution in [0.4, 0.5) is 0 Å². The van der Waals surface area contributed by atoms with E-state index in [4.69, 9.17) is 12.2 Å². The number of amidine groups is 1. The van der Waals surface area contributed by atoms with Crippen LogP contribution in [-0.4, -0.2) is 28.1 Å². The molecule has 2 aliphatic rings. The molecule has 0 N–H and O–H groups in total. The Balaban J connectivity index is 2.19. The van der Waals surface area contributed by atoms with Crippen molar-refractivity contribution in [1.29, 1.82) is 0 Å². The zero-order valence-corrected chi connectivity index (χ0v) is 9.99. The van der Waals surface area contributed by atoms with Gasteiger partial charge in [0, 0.05) is 17.0 Å². The maximum absolute atomic E-state index is 5.37. The van der Waals surface area contributed by atoms with Crippen LogP contribution in [0.1, 0.15) is 11.1 Å².